The molecule has 1 fully saturated rings. The minimum absolute atomic E-state index is 0.00273. The van der Waals surface area contributed by atoms with Gasteiger partial charge in [0.25, 0.3) is 0 Å². The Morgan fingerprint density at radius 1 is 1.44 bits per heavy atom. The van der Waals surface area contributed by atoms with Crippen molar-refractivity contribution in [3.8, 4) is 0 Å². The first-order valence-corrected chi connectivity index (χ1v) is 5.71. The van der Waals surface area contributed by atoms with Crippen molar-refractivity contribution >= 4 is 0 Å². The molecule has 0 aliphatic heterocycles. The van der Waals surface area contributed by atoms with Gasteiger partial charge in [-0.25, -0.2) is 4.39 Å². The van der Waals surface area contributed by atoms with Crippen LogP contribution in [0.1, 0.15) is 31.2 Å². The Labute approximate surface area is 95.3 Å². The van der Waals surface area contributed by atoms with Gasteiger partial charge in [-0.05, 0) is 48.4 Å². The third kappa shape index (κ3) is 1.85. The maximum absolute atomic E-state index is 12.8. The second-order valence-electron chi connectivity index (χ2n) is 4.90. The number of rotatable bonds is 3. The maximum atomic E-state index is 12.8. The molecule has 16 heavy (non-hydrogen) atoms. The van der Waals surface area contributed by atoms with Crippen LogP contribution < -0.4 is 5.73 Å². The zero-order valence-electron chi connectivity index (χ0n) is 9.49. The average Bonchev–Trinajstić information content (AvgIpc) is 2.24. The summed E-state index contributed by atoms with van der Waals surface area (Å²) in [5, 5.41) is 9.44. The quantitative estimate of drug-likeness (QED) is 0.823. The van der Waals surface area contributed by atoms with Crippen LogP contribution >= 0.6 is 0 Å². The van der Waals surface area contributed by atoms with Crippen LogP contribution in [0.25, 0.3) is 0 Å². The summed E-state index contributed by atoms with van der Waals surface area (Å²) < 4.78 is 12.8. The van der Waals surface area contributed by atoms with E-state index < -0.39 is 0 Å². The molecule has 0 amide bonds. The Bertz CT molecular complexity index is 357. The molecule has 1 saturated carbocycles. The molecule has 0 aromatic heterocycles. The summed E-state index contributed by atoms with van der Waals surface area (Å²) in [4.78, 5) is 0. The first-order chi connectivity index (χ1) is 7.57. The Kier molecular flexibility index (Phi) is 3.00. The average molecular weight is 223 g/mol. The molecule has 3 heteroatoms. The highest BCUT2D eigenvalue weighted by atomic mass is 19.1. The minimum atomic E-state index is -0.216. The first-order valence-electron chi connectivity index (χ1n) is 5.71. The van der Waals surface area contributed by atoms with E-state index in [-0.39, 0.29) is 23.3 Å². The molecule has 88 valence electrons. The molecule has 2 rings (SSSR count). The first kappa shape index (κ1) is 11.6. The summed E-state index contributed by atoms with van der Waals surface area (Å²) in [6.45, 7) is 2.68. The molecule has 1 unspecified atom stereocenters. The molecule has 0 heterocycles. The molecule has 1 aromatic carbocycles. The highest BCUT2D eigenvalue weighted by Crippen LogP contribution is 2.50. The molecule has 1 atom stereocenters. The highest BCUT2D eigenvalue weighted by Gasteiger charge is 2.46. The van der Waals surface area contributed by atoms with Gasteiger partial charge >= 0.3 is 0 Å². The molecule has 0 radical (unpaired) electrons. The van der Waals surface area contributed by atoms with Gasteiger partial charge in [-0.15, -0.1) is 0 Å². The van der Waals surface area contributed by atoms with E-state index in [0.717, 1.165) is 18.4 Å². The van der Waals surface area contributed by atoms with Crippen molar-refractivity contribution < 1.29 is 9.50 Å². The van der Waals surface area contributed by atoms with Gasteiger partial charge < -0.3 is 10.8 Å². The lowest BCUT2D eigenvalue weighted by Gasteiger charge is -2.49. The van der Waals surface area contributed by atoms with Crippen molar-refractivity contribution in [2.24, 2.45) is 11.1 Å². The molecule has 3 N–H and O–H groups in total. The Balaban J connectivity index is 2.18. The van der Waals surface area contributed by atoms with Crippen LogP contribution in [0, 0.1) is 11.2 Å². The zero-order chi connectivity index (χ0) is 11.8. The van der Waals surface area contributed by atoms with Crippen LogP contribution in [-0.4, -0.2) is 17.8 Å². The van der Waals surface area contributed by atoms with Crippen LogP contribution in [0.15, 0.2) is 24.3 Å². The van der Waals surface area contributed by atoms with Crippen molar-refractivity contribution in [1.82, 2.24) is 0 Å². The third-order valence-corrected chi connectivity index (χ3v) is 3.98. The molecule has 1 aliphatic carbocycles. The fraction of sp³-hybridized carbons (Fsp3) is 0.538. The molecule has 2 nitrogen and oxygen atoms in total. The smallest absolute Gasteiger partial charge is 0.123 e. The summed E-state index contributed by atoms with van der Waals surface area (Å²) in [6, 6.07) is 6.57. The molecule has 0 spiro atoms. The van der Waals surface area contributed by atoms with Crippen molar-refractivity contribution in [3.05, 3.63) is 35.6 Å². The van der Waals surface area contributed by atoms with Crippen LogP contribution in [0.4, 0.5) is 4.39 Å². The van der Waals surface area contributed by atoms with Crippen molar-refractivity contribution in [2.75, 3.05) is 6.54 Å². The number of halogens is 1. The predicted molar refractivity (Wildman–Crippen MR) is 61.5 cm³/mol. The second kappa shape index (κ2) is 4.15. The molecule has 0 bridgehead atoms. The maximum Gasteiger partial charge on any atom is 0.123 e. The standard InChI is InChI=1S/C13H18FNO/c1-9(10-2-4-11(14)5-3-10)13(8-15)6-12(16)7-13/h2-5,9,12,16H,6-8,15H2,1H3. The lowest BCUT2D eigenvalue weighted by molar-refractivity contribution is -0.0405. The Morgan fingerprint density at radius 3 is 2.44 bits per heavy atom. The van der Waals surface area contributed by atoms with Gasteiger partial charge in [0.1, 0.15) is 5.82 Å². The predicted octanol–water partition coefficient (Wildman–Crippen LogP) is 2.03. The number of nitrogens with two attached hydrogens (primary N) is 1. The van der Waals surface area contributed by atoms with E-state index in [1.54, 1.807) is 0 Å². The SMILES string of the molecule is CC(c1ccc(F)cc1)C1(CN)CC(O)C1. The van der Waals surface area contributed by atoms with E-state index in [4.69, 9.17) is 5.73 Å². The van der Waals surface area contributed by atoms with E-state index in [9.17, 15) is 9.50 Å². The highest BCUT2D eigenvalue weighted by molar-refractivity contribution is 5.24. The van der Waals surface area contributed by atoms with Gasteiger partial charge in [0, 0.05) is 0 Å². The van der Waals surface area contributed by atoms with E-state index in [2.05, 4.69) is 6.92 Å². The van der Waals surface area contributed by atoms with Crippen LogP contribution in [0.3, 0.4) is 0 Å². The van der Waals surface area contributed by atoms with Crippen molar-refractivity contribution in [2.45, 2.75) is 31.8 Å². The van der Waals surface area contributed by atoms with Gasteiger partial charge in [-0.2, -0.15) is 0 Å². The summed E-state index contributed by atoms with van der Waals surface area (Å²) in [7, 11) is 0. The van der Waals surface area contributed by atoms with Crippen LogP contribution in [0.2, 0.25) is 0 Å². The minimum Gasteiger partial charge on any atom is -0.393 e. The topological polar surface area (TPSA) is 46.2 Å². The normalized spacial score (nSPS) is 30.9. The van der Waals surface area contributed by atoms with E-state index >= 15 is 0 Å². The lowest BCUT2D eigenvalue weighted by atomic mass is 9.58. The van der Waals surface area contributed by atoms with Gasteiger partial charge in [-0.1, -0.05) is 19.1 Å². The number of hydrogen-bond acceptors (Lipinski definition) is 2. The fourth-order valence-electron chi connectivity index (χ4n) is 2.68. The third-order valence-electron chi connectivity index (χ3n) is 3.98. The summed E-state index contributed by atoms with van der Waals surface area (Å²) >= 11 is 0. The van der Waals surface area contributed by atoms with E-state index in [1.807, 2.05) is 12.1 Å². The summed E-state index contributed by atoms with van der Waals surface area (Å²) in [6.07, 6.45) is 1.29. The molecular weight excluding hydrogens is 205 g/mol. The van der Waals surface area contributed by atoms with E-state index in [0.29, 0.717) is 6.54 Å². The van der Waals surface area contributed by atoms with Gasteiger partial charge in [0.15, 0.2) is 0 Å². The fourth-order valence-corrected chi connectivity index (χ4v) is 2.68. The summed E-state index contributed by atoms with van der Waals surface area (Å²) in [5.74, 6) is 0.0490. The number of aliphatic hydroxyl groups excluding tert-OH is 1. The molecule has 1 aliphatic rings. The zero-order valence-corrected chi connectivity index (χ0v) is 9.49. The monoisotopic (exact) mass is 223 g/mol. The number of benzene rings is 1. The Hall–Kier alpha value is -0.930. The van der Waals surface area contributed by atoms with Crippen molar-refractivity contribution in [1.29, 1.82) is 0 Å². The molecular formula is C13H18FNO. The number of aliphatic hydroxyl groups is 1. The lowest BCUT2D eigenvalue weighted by Crippen LogP contribution is -2.49. The second-order valence-corrected chi connectivity index (χ2v) is 4.90. The van der Waals surface area contributed by atoms with Crippen LogP contribution in [-0.2, 0) is 0 Å². The van der Waals surface area contributed by atoms with Gasteiger partial charge in [0.2, 0.25) is 0 Å². The van der Waals surface area contributed by atoms with Gasteiger partial charge in [-0.3, -0.25) is 0 Å². The molecule has 0 saturated heterocycles. The van der Waals surface area contributed by atoms with Gasteiger partial charge in [0.05, 0.1) is 6.10 Å². The van der Waals surface area contributed by atoms with Crippen molar-refractivity contribution in [3.63, 3.8) is 0 Å². The molecule has 1 aromatic rings. The largest absolute Gasteiger partial charge is 0.393 e. The number of hydrogen-bond donors (Lipinski definition) is 2. The Morgan fingerprint density at radius 2 is 2.00 bits per heavy atom. The summed E-state index contributed by atoms with van der Waals surface area (Å²) in [5.41, 5.74) is 6.91. The van der Waals surface area contributed by atoms with Crippen LogP contribution in [0.5, 0.6) is 0 Å². The van der Waals surface area contributed by atoms with E-state index in [1.165, 1.54) is 12.1 Å².